The normalized spacial score (nSPS) is 12.5. The molecule has 0 aliphatic rings. The van der Waals surface area contributed by atoms with Gasteiger partial charge in [0.25, 0.3) is 0 Å². The average molecular weight is 391 g/mol. The molecule has 0 spiro atoms. The van der Waals surface area contributed by atoms with E-state index in [0.29, 0.717) is 6.07 Å². The summed E-state index contributed by atoms with van der Waals surface area (Å²) in [7, 11) is -4.44. The third-order valence-electron chi connectivity index (χ3n) is 2.36. The van der Waals surface area contributed by atoms with Gasteiger partial charge in [-0.1, -0.05) is 5.92 Å². The van der Waals surface area contributed by atoms with E-state index in [1.165, 1.54) is 0 Å². The molecule has 0 bridgehead atoms. The van der Waals surface area contributed by atoms with Crippen molar-refractivity contribution in [2.24, 2.45) is 0 Å². The Morgan fingerprint density at radius 1 is 1.04 bits per heavy atom. The monoisotopic (exact) mass is 391 g/mol. The van der Waals surface area contributed by atoms with Gasteiger partial charge in [0.05, 0.1) is 6.54 Å². The number of rotatable bonds is 7. The zero-order chi connectivity index (χ0) is 19.3. The van der Waals surface area contributed by atoms with Gasteiger partial charge in [-0.25, -0.2) is 8.42 Å². The van der Waals surface area contributed by atoms with Crippen molar-refractivity contribution in [3.8, 4) is 23.8 Å². The van der Waals surface area contributed by atoms with Crippen LogP contribution in [0, 0.1) is 12.3 Å². The molecule has 0 radical (unpaired) electrons. The zero-order valence-electron chi connectivity index (χ0n) is 12.2. The summed E-state index contributed by atoms with van der Waals surface area (Å²) in [6.07, 6.45) is -4.55. The molecule has 12 heteroatoms. The van der Waals surface area contributed by atoms with Crippen LogP contribution in [0.25, 0.3) is 0 Å². The first-order chi connectivity index (χ1) is 11.3. The molecular weight excluding hydrogens is 380 g/mol. The number of benzene rings is 1. The van der Waals surface area contributed by atoms with Crippen molar-refractivity contribution in [2.75, 3.05) is 19.8 Å². The van der Waals surface area contributed by atoms with E-state index in [1.54, 1.807) is 0 Å². The first-order valence-corrected chi connectivity index (χ1v) is 7.79. The molecular formula is C13H11F6NO4S. The van der Waals surface area contributed by atoms with Gasteiger partial charge < -0.3 is 9.47 Å². The van der Waals surface area contributed by atoms with Crippen molar-refractivity contribution in [2.45, 2.75) is 17.2 Å². The number of ether oxygens (including phenoxy) is 2. The number of halogens is 6. The number of alkyl halides is 6. The Balaban J connectivity index is 3.17. The first kappa shape index (κ1) is 20.9. The Labute approximate surface area is 139 Å². The van der Waals surface area contributed by atoms with Crippen LogP contribution < -0.4 is 14.2 Å². The molecule has 0 atom stereocenters. The van der Waals surface area contributed by atoms with E-state index in [-0.39, 0.29) is 0 Å². The minimum atomic E-state index is -4.75. The van der Waals surface area contributed by atoms with Gasteiger partial charge in [-0.2, -0.15) is 31.1 Å². The van der Waals surface area contributed by atoms with Crippen LogP contribution in [0.15, 0.2) is 23.1 Å². The van der Waals surface area contributed by atoms with Crippen molar-refractivity contribution < 1.29 is 44.2 Å². The molecule has 0 aliphatic heterocycles. The molecule has 1 rings (SSSR count). The largest absolute Gasteiger partial charge is 0.484 e. The topological polar surface area (TPSA) is 64.6 Å². The molecule has 0 saturated carbocycles. The summed E-state index contributed by atoms with van der Waals surface area (Å²) in [5.41, 5.74) is 0. The smallest absolute Gasteiger partial charge is 0.422 e. The highest BCUT2D eigenvalue weighted by atomic mass is 32.2. The van der Waals surface area contributed by atoms with E-state index in [1.807, 2.05) is 10.6 Å². The highest BCUT2D eigenvalue weighted by molar-refractivity contribution is 7.89. The van der Waals surface area contributed by atoms with Crippen molar-refractivity contribution in [1.29, 1.82) is 0 Å². The Morgan fingerprint density at radius 2 is 1.60 bits per heavy atom. The van der Waals surface area contributed by atoms with Gasteiger partial charge in [-0.15, -0.1) is 6.42 Å². The maximum Gasteiger partial charge on any atom is 0.422 e. The predicted molar refractivity (Wildman–Crippen MR) is 73.6 cm³/mol. The average Bonchev–Trinajstić information content (AvgIpc) is 2.47. The lowest BCUT2D eigenvalue weighted by Crippen LogP contribution is -2.26. The maximum absolute atomic E-state index is 12.2. The molecule has 5 nitrogen and oxygen atoms in total. The summed E-state index contributed by atoms with van der Waals surface area (Å²) >= 11 is 0. The van der Waals surface area contributed by atoms with Crippen molar-refractivity contribution in [3.05, 3.63) is 18.2 Å². The summed E-state index contributed by atoms with van der Waals surface area (Å²) in [4.78, 5) is -0.841. The van der Waals surface area contributed by atoms with Crippen molar-refractivity contribution in [3.63, 3.8) is 0 Å². The highest BCUT2D eigenvalue weighted by Crippen LogP contribution is 2.30. The second-order valence-corrected chi connectivity index (χ2v) is 6.18. The zero-order valence-corrected chi connectivity index (χ0v) is 13.1. The maximum atomic E-state index is 12.2. The van der Waals surface area contributed by atoms with Crippen LogP contribution in [-0.4, -0.2) is 40.5 Å². The quantitative estimate of drug-likeness (QED) is 0.573. The van der Waals surface area contributed by atoms with Gasteiger partial charge in [-0.3, -0.25) is 0 Å². The van der Waals surface area contributed by atoms with E-state index in [9.17, 15) is 34.8 Å². The number of hydrogen-bond acceptors (Lipinski definition) is 4. The number of hydrogen-bond donors (Lipinski definition) is 1. The molecule has 0 amide bonds. The van der Waals surface area contributed by atoms with Crippen LogP contribution in [0.5, 0.6) is 11.5 Å². The van der Waals surface area contributed by atoms with E-state index < -0.39 is 58.5 Å². The van der Waals surface area contributed by atoms with Crippen LogP contribution >= 0.6 is 0 Å². The predicted octanol–water partition coefficient (Wildman–Crippen LogP) is 2.48. The molecule has 1 aromatic rings. The molecule has 1 N–H and O–H groups in total. The van der Waals surface area contributed by atoms with Crippen molar-refractivity contribution in [1.82, 2.24) is 4.72 Å². The third-order valence-corrected chi connectivity index (χ3v) is 3.79. The van der Waals surface area contributed by atoms with E-state index in [2.05, 4.69) is 9.47 Å². The lowest BCUT2D eigenvalue weighted by molar-refractivity contribution is -0.154. The summed E-state index contributed by atoms with van der Waals surface area (Å²) in [5, 5.41) is 0. The van der Waals surface area contributed by atoms with E-state index >= 15 is 0 Å². The summed E-state index contributed by atoms with van der Waals surface area (Å²) in [6.45, 7) is -4.00. The summed E-state index contributed by atoms with van der Waals surface area (Å²) in [6, 6.07) is 2.20. The van der Waals surface area contributed by atoms with Gasteiger partial charge in [0.2, 0.25) is 10.0 Å². The van der Waals surface area contributed by atoms with E-state index in [4.69, 9.17) is 6.42 Å². The van der Waals surface area contributed by atoms with Crippen LogP contribution in [-0.2, 0) is 10.0 Å². The summed E-state index contributed by atoms with van der Waals surface area (Å²) in [5.74, 6) is 0.687. The molecule has 140 valence electrons. The lowest BCUT2D eigenvalue weighted by atomic mass is 10.3. The molecule has 0 fully saturated rings. The Hall–Kier alpha value is -2.13. The van der Waals surface area contributed by atoms with E-state index in [0.717, 1.165) is 12.1 Å². The minimum absolute atomic E-state index is 0.491. The molecule has 0 aromatic heterocycles. The first-order valence-electron chi connectivity index (χ1n) is 6.30. The number of sulfonamides is 1. The van der Waals surface area contributed by atoms with Crippen molar-refractivity contribution >= 4 is 10.0 Å². The van der Waals surface area contributed by atoms with Gasteiger partial charge >= 0.3 is 12.4 Å². The lowest BCUT2D eigenvalue weighted by Gasteiger charge is -2.15. The molecule has 0 unspecified atom stereocenters. The Morgan fingerprint density at radius 3 is 2.12 bits per heavy atom. The van der Waals surface area contributed by atoms with Gasteiger partial charge in [-0.05, 0) is 12.1 Å². The molecule has 1 aromatic carbocycles. The third kappa shape index (κ3) is 7.53. The second-order valence-electron chi connectivity index (χ2n) is 4.44. The minimum Gasteiger partial charge on any atom is -0.484 e. The summed E-state index contributed by atoms with van der Waals surface area (Å²) < 4.78 is 108. The SMILES string of the molecule is C#CCNS(=O)(=O)c1cc(OCC(F)(F)F)ccc1OCC(F)(F)F. The number of terminal acetylenes is 1. The molecule has 0 aliphatic carbocycles. The molecule has 0 saturated heterocycles. The second kappa shape index (κ2) is 7.83. The standard InChI is InChI=1S/C13H11F6NO4S/c1-2-5-20-25(21,22)11-6-9(23-7-12(14,15)16)3-4-10(11)24-8-13(17,18)19/h1,3-4,6,20H,5,7-8H2. The fraction of sp³-hybridized carbons (Fsp3) is 0.385. The fourth-order valence-electron chi connectivity index (χ4n) is 1.45. The van der Waals surface area contributed by atoms with Crippen LogP contribution in [0.2, 0.25) is 0 Å². The van der Waals surface area contributed by atoms with Crippen LogP contribution in [0.3, 0.4) is 0 Å². The van der Waals surface area contributed by atoms with Gasteiger partial charge in [0, 0.05) is 6.07 Å². The molecule has 25 heavy (non-hydrogen) atoms. The molecule has 0 heterocycles. The Kier molecular flexibility index (Phi) is 6.55. The van der Waals surface area contributed by atoms with Gasteiger partial charge in [0.15, 0.2) is 13.2 Å². The number of nitrogens with one attached hydrogen (secondary N) is 1. The van der Waals surface area contributed by atoms with Crippen LogP contribution in [0.1, 0.15) is 0 Å². The van der Waals surface area contributed by atoms with Gasteiger partial charge in [0.1, 0.15) is 16.4 Å². The fourth-order valence-corrected chi connectivity index (χ4v) is 2.54. The van der Waals surface area contributed by atoms with Crippen LogP contribution in [0.4, 0.5) is 26.3 Å². The highest BCUT2D eigenvalue weighted by Gasteiger charge is 2.31. The Bertz CT molecular complexity index is 736.